The molecule has 0 bridgehead atoms. The van der Waals surface area contributed by atoms with E-state index in [0.29, 0.717) is 6.04 Å². The molecule has 1 atom stereocenters. The van der Waals surface area contributed by atoms with Crippen molar-refractivity contribution in [3.05, 3.63) is 80.7 Å². The number of aromatic amines is 1. The van der Waals surface area contributed by atoms with Crippen LogP contribution in [0.1, 0.15) is 31.0 Å². The predicted octanol–water partition coefficient (Wildman–Crippen LogP) is 2.07. The summed E-state index contributed by atoms with van der Waals surface area (Å²) in [6.45, 7) is 4.89. The first-order chi connectivity index (χ1) is 14.1. The molecule has 0 saturated carbocycles. The monoisotopic (exact) mass is 525 g/mol. The van der Waals surface area contributed by atoms with E-state index in [1.807, 2.05) is 12.3 Å². The van der Waals surface area contributed by atoms with E-state index < -0.39 is 21.5 Å². The van der Waals surface area contributed by atoms with E-state index >= 15 is 0 Å². The van der Waals surface area contributed by atoms with Crippen LogP contribution in [0.4, 0.5) is 10.1 Å². The first-order valence-corrected chi connectivity index (χ1v) is 12.2. The summed E-state index contributed by atoms with van der Waals surface area (Å²) in [5.41, 5.74) is 3.72. The van der Waals surface area contributed by atoms with Gasteiger partial charge in [-0.15, -0.1) is 0 Å². The van der Waals surface area contributed by atoms with Crippen molar-refractivity contribution in [2.24, 2.45) is 0 Å². The van der Waals surface area contributed by atoms with Crippen LogP contribution >= 0.6 is 11.6 Å². The van der Waals surface area contributed by atoms with Gasteiger partial charge in [-0.05, 0) is 0 Å². The third kappa shape index (κ3) is 4.92. The van der Waals surface area contributed by atoms with E-state index in [4.69, 9.17) is 11.6 Å². The molecule has 0 saturated heterocycles. The number of rotatable bonds is 6. The first-order valence-electron chi connectivity index (χ1n) is 9.81. The molecule has 1 aromatic heterocycles. The predicted molar refractivity (Wildman–Crippen MR) is 110 cm³/mol. The van der Waals surface area contributed by atoms with Crippen molar-refractivity contribution < 1.29 is 25.9 Å². The second-order valence-corrected chi connectivity index (χ2v) is 10.7. The van der Waals surface area contributed by atoms with Crippen molar-refractivity contribution in [1.82, 2.24) is 13.1 Å². The van der Waals surface area contributed by atoms with Gasteiger partial charge in [-0.1, -0.05) is 0 Å². The number of hydrogen-bond donors (Lipinski definition) is 1. The molecule has 0 fully saturated rings. The molecule has 154 valence electrons. The number of halogens is 3. The number of aromatic nitrogens is 2. The Morgan fingerprint density at radius 1 is 1.28 bits per heavy atom. The normalized spacial score (nSPS) is 17.3. The number of anilines is 1. The van der Waals surface area contributed by atoms with Crippen LogP contribution in [0.25, 0.3) is 0 Å². The Labute approximate surface area is 186 Å². The Kier molecular flexibility index (Phi) is 6.72. The fraction of sp³-hybridized carbons (Fsp3) is 0.318. The molecular formula is C22H24ClFIN4-. The van der Waals surface area contributed by atoms with Crippen molar-refractivity contribution in [1.29, 1.82) is 0 Å². The number of benzene rings is 2. The van der Waals surface area contributed by atoms with Gasteiger partial charge in [0.2, 0.25) is 0 Å². The third-order valence-electron chi connectivity index (χ3n) is 5.11. The number of nitrogens with zero attached hydrogens (tertiary/aromatic N) is 3. The Morgan fingerprint density at radius 2 is 2.14 bits per heavy atom. The van der Waals surface area contributed by atoms with E-state index in [1.54, 1.807) is 18.5 Å². The Bertz CT molecular complexity index is 950. The molecule has 1 aliphatic heterocycles. The van der Waals surface area contributed by atoms with Crippen LogP contribution < -0.4 is 26.4 Å². The summed E-state index contributed by atoms with van der Waals surface area (Å²) >= 11 is 5.39. The number of fused-ring (bicyclic) bond motifs is 1. The Hall–Kier alpha value is -1.64. The topological polar surface area (TPSA) is 35.2 Å². The molecule has 7 heteroatoms. The Balaban J connectivity index is 1.64. The molecule has 4 nitrogen and oxygen atoms in total. The maximum absolute atomic E-state index is 14.0. The molecule has 1 unspecified atom stereocenters. The van der Waals surface area contributed by atoms with Crippen molar-refractivity contribution in [2.45, 2.75) is 38.9 Å². The fourth-order valence-electron chi connectivity index (χ4n) is 3.77. The average molecular weight is 526 g/mol. The van der Waals surface area contributed by atoms with E-state index in [1.165, 1.54) is 11.3 Å². The molecule has 3 aromatic rings. The van der Waals surface area contributed by atoms with Crippen LogP contribution in [0.15, 0.2) is 55.0 Å². The number of hydrogen-bond acceptors (Lipinski definition) is 3. The number of nitrogens with one attached hydrogen (secondary N) is 1. The molecule has 0 aliphatic carbocycles. The van der Waals surface area contributed by atoms with Crippen molar-refractivity contribution in [3.63, 3.8) is 0 Å². The van der Waals surface area contributed by atoms with Crippen LogP contribution in [0, 0.1) is 9.39 Å². The van der Waals surface area contributed by atoms with Gasteiger partial charge in [-0.25, -0.2) is 0 Å². The van der Waals surface area contributed by atoms with Crippen molar-refractivity contribution in [3.8, 4) is 0 Å². The fourth-order valence-corrected chi connectivity index (χ4v) is 6.62. The summed E-state index contributed by atoms with van der Waals surface area (Å²) in [6.07, 6.45) is 5.87. The second-order valence-electron chi connectivity index (χ2n) is 7.22. The molecular weight excluding hydrogens is 502 g/mol. The van der Waals surface area contributed by atoms with Gasteiger partial charge < -0.3 is 0 Å². The maximum atomic E-state index is 14.0. The van der Waals surface area contributed by atoms with E-state index in [0.717, 1.165) is 41.7 Å². The van der Waals surface area contributed by atoms with Crippen LogP contribution in [-0.4, -0.2) is 25.7 Å². The quantitative estimate of drug-likeness (QED) is 0.304. The van der Waals surface area contributed by atoms with Gasteiger partial charge in [-0.3, -0.25) is 0 Å². The van der Waals surface area contributed by atoms with Gasteiger partial charge in [0.15, 0.2) is 0 Å². The second kappa shape index (κ2) is 9.45. The van der Waals surface area contributed by atoms with Crippen molar-refractivity contribution in [2.75, 3.05) is 11.4 Å². The van der Waals surface area contributed by atoms with Crippen molar-refractivity contribution >= 4 is 17.3 Å². The van der Waals surface area contributed by atoms with E-state index in [2.05, 4.69) is 49.2 Å². The summed E-state index contributed by atoms with van der Waals surface area (Å²) in [5.74, 6) is -0.329. The van der Waals surface area contributed by atoms with Gasteiger partial charge >= 0.3 is 187 Å². The molecule has 0 radical (unpaired) electrons. The van der Waals surface area contributed by atoms with Crippen LogP contribution in [0.2, 0.25) is 5.02 Å². The van der Waals surface area contributed by atoms with Gasteiger partial charge in [0, 0.05) is 0 Å². The van der Waals surface area contributed by atoms with Crippen LogP contribution in [0.5, 0.6) is 0 Å². The molecule has 4 rings (SSSR count). The zero-order valence-corrected chi connectivity index (χ0v) is 19.2. The summed E-state index contributed by atoms with van der Waals surface area (Å²) in [5, 5.41) is 0.188. The standard InChI is InChI=1S/C22H24ClFIN4/c1-2-5-19-14-28(25-17-8-9-20(23)21(24)10-17)12-16-6-3-4-7-22(16)29(19)13-18-11-26-15-27-18/h3-4,6-11,15,19H,2,5,12-14H2,1H3,(H,26,27)/q-1. The Morgan fingerprint density at radius 3 is 2.90 bits per heavy atom. The van der Waals surface area contributed by atoms with Gasteiger partial charge in [-0.2, -0.15) is 0 Å². The number of H-pyrrole nitrogens is 1. The molecule has 2 aromatic carbocycles. The van der Waals surface area contributed by atoms with Gasteiger partial charge in [0.05, 0.1) is 0 Å². The zero-order chi connectivity index (χ0) is 20.2. The minimum atomic E-state index is -0.489. The van der Waals surface area contributed by atoms with E-state index in [-0.39, 0.29) is 10.8 Å². The molecule has 0 spiro atoms. The summed E-state index contributed by atoms with van der Waals surface area (Å²) < 4.78 is 17.6. The van der Waals surface area contributed by atoms with Gasteiger partial charge in [0.1, 0.15) is 0 Å². The summed E-state index contributed by atoms with van der Waals surface area (Å²) in [7, 11) is 0. The van der Waals surface area contributed by atoms with Gasteiger partial charge in [0.25, 0.3) is 0 Å². The minimum absolute atomic E-state index is 0.188. The average Bonchev–Trinajstić information content (AvgIpc) is 3.18. The molecule has 1 N–H and O–H groups in total. The molecule has 2 heterocycles. The van der Waals surface area contributed by atoms with Crippen LogP contribution in [-0.2, 0) is 13.1 Å². The number of para-hydroxylation sites is 1. The zero-order valence-electron chi connectivity index (χ0n) is 16.3. The molecule has 29 heavy (non-hydrogen) atoms. The number of imidazole rings is 1. The molecule has 0 amide bonds. The van der Waals surface area contributed by atoms with E-state index in [9.17, 15) is 4.39 Å². The van der Waals surface area contributed by atoms with Crippen LogP contribution in [0.3, 0.4) is 0 Å². The SMILES string of the molecule is CCCC1CN([I-]c2ccc(Cl)c(F)c2)Cc2ccccc2N1Cc1cnc[nH]1. The summed E-state index contributed by atoms with van der Waals surface area (Å²) in [6, 6.07) is 14.3. The third-order valence-corrected chi connectivity index (χ3v) is 8.06. The first kappa shape index (κ1) is 20.6. The summed E-state index contributed by atoms with van der Waals surface area (Å²) in [4.78, 5) is 9.95. The molecule has 1 aliphatic rings.